The maximum atomic E-state index is 12.5. The van der Waals surface area contributed by atoms with Gasteiger partial charge in [0, 0.05) is 38.2 Å². The predicted molar refractivity (Wildman–Crippen MR) is 304 cm³/mol. The van der Waals surface area contributed by atoms with Gasteiger partial charge < -0.3 is 28.6 Å². The second-order valence-electron chi connectivity index (χ2n) is 21.6. The first kappa shape index (κ1) is 67.6. The minimum absolute atomic E-state index is 0.00290. The highest BCUT2D eigenvalue weighted by atomic mass is 16.6. The van der Waals surface area contributed by atoms with Gasteiger partial charge in [0.05, 0.1) is 0 Å². The van der Waals surface area contributed by atoms with Crippen LogP contribution in [0.2, 0.25) is 0 Å². The lowest BCUT2D eigenvalue weighted by Gasteiger charge is -2.26. The minimum atomic E-state index is -0.00372. The molecule has 0 aliphatic rings. The Labute approximate surface area is 445 Å². The molecule has 3 unspecified atom stereocenters. The number of carbonyl (C=O) groups is 3. The molecule has 0 saturated heterocycles. The molecule has 0 bridgehead atoms. The molecule has 0 spiro atoms. The number of carbonyl (C=O) groups excluding carboxylic acids is 3. The van der Waals surface area contributed by atoms with Gasteiger partial charge in [0.25, 0.3) is 0 Å². The van der Waals surface area contributed by atoms with Gasteiger partial charge in [-0.1, -0.05) is 157 Å². The Morgan fingerprint density at radius 2 is 0.722 bits per heavy atom. The summed E-state index contributed by atoms with van der Waals surface area (Å²) >= 11 is 0. The standard InChI is InChI=1S/C62H118N4O6/c1-8-14-29-41-57(11-4)70-60(67)44-32-23-17-20-26-35-48-64(49-36-27-21-18-24-33-45-61(68)71-58(12-5)42-30-15-9-2)52-40-53-65(51-38-39-54-66-55-47-63-56(66)7)50-37-28-22-19-25-34-46-62(69)72-59(13-6)43-31-16-10-3/h47,55,57-59H,8-46,48-54H2,1-7H3. The molecule has 3 atom stereocenters. The van der Waals surface area contributed by atoms with Crippen molar-refractivity contribution in [2.75, 3.05) is 39.3 Å². The molecule has 10 nitrogen and oxygen atoms in total. The van der Waals surface area contributed by atoms with Gasteiger partial charge in [0.15, 0.2) is 0 Å². The minimum Gasteiger partial charge on any atom is -0.462 e. The van der Waals surface area contributed by atoms with Gasteiger partial charge in [-0.05, 0) is 162 Å². The number of nitrogens with zero attached hydrogens (tertiary/aromatic N) is 4. The van der Waals surface area contributed by atoms with E-state index in [-0.39, 0.29) is 36.2 Å². The van der Waals surface area contributed by atoms with Crippen LogP contribution in [0.3, 0.4) is 0 Å². The Hall–Kier alpha value is -2.46. The maximum Gasteiger partial charge on any atom is 0.306 e. The van der Waals surface area contributed by atoms with Gasteiger partial charge in [0.2, 0.25) is 0 Å². The Balaban J connectivity index is 2.63. The van der Waals surface area contributed by atoms with E-state index in [1.165, 1.54) is 154 Å². The van der Waals surface area contributed by atoms with E-state index in [1.54, 1.807) is 0 Å². The first-order chi connectivity index (χ1) is 35.2. The molecule has 0 fully saturated rings. The van der Waals surface area contributed by atoms with Crippen molar-refractivity contribution in [3.63, 3.8) is 0 Å². The average Bonchev–Trinajstić information content (AvgIpc) is 3.79. The lowest BCUT2D eigenvalue weighted by atomic mass is 10.1. The molecule has 1 heterocycles. The molecule has 10 heteroatoms. The summed E-state index contributed by atoms with van der Waals surface area (Å²) in [7, 11) is 0. The maximum absolute atomic E-state index is 12.5. The molecule has 422 valence electrons. The molecule has 0 saturated carbocycles. The summed E-state index contributed by atoms with van der Waals surface area (Å²) in [6, 6.07) is 0. The van der Waals surface area contributed by atoms with Crippen molar-refractivity contribution in [3.8, 4) is 0 Å². The second kappa shape index (κ2) is 49.4. The third-order valence-corrected chi connectivity index (χ3v) is 15.0. The number of imidazole rings is 1. The smallest absolute Gasteiger partial charge is 0.306 e. The highest BCUT2D eigenvalue weighted by Crippen LogP contribution is 2.18. The third kappa shape index (κ3) is 39.9. The zero-order chi connectivity index (χ0) is 52.5. The SMILES string of the molecule is CCCCCC(CC)OC(=O)CCCCCCCCN(CCCCCCCCC(=O)OC(CC)CCCCC)CCCN(CCCCCCCCC(=O)OC(CC)CCCCC)CCCCn1ccnc1C. The molecule has 1 aromatic rings. The summed E-state index contributed by atoms with van der Waals surface area (Å²) < 4.78 is 19.7. The zero-order valence-corrected chi connectivity index (χ0v) is 48.7. The second-order valence-corrected chi connectivity index (χ2v) is 21.6. The fraction of sp³-hybridized carbons (Fsp3) is 0.903. The van der Waals surface area contributed by atoms with Crippen LogP contribution < -0.4 is 0 Å². The van der Waals surface area contributed by atoms with Crippen molar-refractivity contribution in [1.82, 2.24) is 19.4 Å². The van der Waals surface area contributed by atoms with Crippen LogP contribution in [0.25, 0.3) is 0 Å². The quantitative estimate of drug-likeness (QED) is 0.0358. The van der Waals surface area contributed by atoms with Crippen LogP contribution in [-0.4, -0.2) is 94.8 Å². The van der Waals surface area contributed by atoms with Gasteiger partial charge in [-0.25, -0.2) is 4.98 Å². The number of hydrogen-bond donors (Lipinski definition) is 0. The van der Waals surface area contributed by atoms with E-state index in [9.17, 15) is 14.4 Å². The number of ether oxygens (including phenoxy) is 3. The van der Waals surface area contributed by atoms with Crippen LogP contribution in [0.5, 0.6) is 0 Å². The molecule has 0 aliphatic carbocycles. The third-order valence-electron chi connectivity index (χ3n) is 15.0. The summed E-state index contributed by atoms with van der Waals surface area (Å²) in [5.41, 5.74) is 0. The van der Waals surface area contributed by atoms with Gasteiger partial charge >= 0.3 is 17.9 Å². The Kier molecular flexibility index (Phi) is 46.4. The van der Waals surface area contributed by atoms with E-state index in [0.29, 0.717) is 19.3 Å². The normalized spacial score (nSPS) is 13.0. The predicted octanol–water partition coefficient (Wildman–Crippen LogP) is 16.9. The van der Waals surface area contributed by atoms with Gasteiger partial charge in [-0.2, -0.15) is 0 Å². The van der Waals surface area contributed by atoms with Crippen molar-refractivity contribution in [3.05, 3.63) is 18.2 Å². The zero-order valence-electron chi connectivity index (χ0n) is 48.7. The number of unbranched alkanes of at least 4 members (excludes halogenated alkanes) is 22. The summed E-state index contributed by atoms with van der Waals surface area (Å²) in [5.74, 6) is 1.09. The van der Waals surface area contributed by atoms with Crippen molar-refractivity contribution in [2.45, 2.75) is 324 Å². The van der Waals surface area contributed by atoms with Crippen molar-refractivity contribution in [2.24, 2.45) is 0 Å². The van der Waals surface area contributed by atoms with Crippen LogP contribution in [-0.2, 0) is 35.1 Å². The lowest BCUT2D eigenvalue weighted by molar-refractivity contribution is -0.150. The topological polar surface area (TPSA) is 103 Å². The Bertz CT molecular complexity index is 1320. The fourth-order valence-electron chi connectivity index (χ4n) is 10.0. The summed E-state index contributed by atoms with van der Waals surface area (Å²) in [6.45, 7) is 23.1. The average molecular weight is 1020 g/mol. The first-order valence-corrected chi connectivity index (χ1v) is 31.2. The largest absolute Gasteiger partial charge is 0.462 e. The molecule has 0 aliphatic heterocycles. The van der Waals surface area contributed by atoms with E-state index < -0.39 is 0 Å². The van der Waals surface area contributed by atoms with Crippen molar-refractivity contribution >= 4 is 17.9 Å². The molecule has 0 N–H and O–H groups in total. The van der Waals surface area contributed by atoms with Gasteiger partial charge in [-0.15, -0.1) is 0 Å². The van der Waals surface area contributed by atoms with Crippen molar-refractivity contribution in [1.29, 1.82) is 0 Å². The molecular formula is C62H118N4O6. The lowest BCUT2D eigenvalue weighted by Crippen LogP contribution is -2.32. The molecule has 0 amide bonds. The highest BCUT2D eigenvalue weighted by Gasteiger charge is 2.15. The summed E-state index contributed by atoms with van der Waals surface area (Å²) in [4.78, 5) is 47.4. The van der Waals surface area contributed by atoms with Crippen LogP contribution in [0, 0.1) is 6.92 Å². The van der Waals surface area contributed by atoms with Gasteiger partial charge in [0.1, 0.15) is 24.1 Å². The van der Waals surface area contributed by atoms with Crippen LogP contribution in [0.1, 0.15) is 298 Å². The van der Waals surface area contributed by atoms with E-state index in [0.717, 1.165) is 128 Å². The Morgan fingerprint density at radius 3 is 1.03 bits per heavy atom. The molecule has 0 radical (unpaired) electrons. The Morgan fingerprint density at radius 1 is 0.417 bits per heavy atom. The van der Waals surface area contributed by atoms with Crippen LogP contribution in [0.15, 0.2) is 12.4 Å². The molecule has 72 heavy (non-hydrogen) atoms. The van der Waals surface area contributed by atoms with Crippen LogP contribution >= 0.6 is 0 Å². The monoisotopic (exact) mass is 1010 g/mol. The van der Waals surface area contributed by atoms with E-state index in [2.05, 4.69) is 74.0 Å². The molecule has 0 aromatic carbocycles. The first-order valence-electron chi connectivity index (χ1n) is 31.2. The highest BCUT2D eigenvalue weighted by molar-refractivity contribution is 5.70. The molecular weight excluding hydrogens is 897 g/mol. The number of aromatic nitrogens is 2. The molecule has 1 aromatic heterocycles. The van der Waals surface area contributed by atoms with E-state index in [4.69, 9.17) is 14.2 Å². The number of rotatable bonds is 54. The van der Waals surface area contributed by atoms with Gasteiger partial charge in [-0.3, -0.25) is 14.4 Å². The number of esters is 3. The molecule has 1 rings (SSSR count). The number of aryl methyl sites for hydroxylation is 2. The summed E-state index contributed by atoms with van der Waals surface area (Å²) in [6.07, 6.45) is 46.9. The van der Waals surface area contributed by atoms with Crippen molar-refractivity contribution < 1.29 is 28.6 Å². The summed E-state index contributed by atoms with van der Waals surface area (Å²) in [5, 5.41) is 0. The fourth-order valence-corrected chi connectivity index (χ4v) is 10.0. The van der Waals surface area contributed by atoms with Crippen LogP contribution in [0.4, 0.5) is 0 Å². The number of hydrogen-bond acceptors (Lipinski definition) is 9. The van der Waals surface area contributed by atoms with E-state index >= 15 is 0 Å². The van der Waals surface area contributed by atoms with E-state index in [1.807, 2.05) is 6.20 Å².